The number of nitrogens with zero attached hydrogens (tertiary/aromatic N) is 1. The number of carbonyl (C=O) groups excluding carboxylic acids is 5. The number of cyclic esters (lactones) is 1. The normalized spacial score (nSPS) is 38.8. The van der Waals surface area contributed by atoms with Gasteiger partial charge in [0.2, 0.25) is 5.79 Å². The Morgan fingerprint density at radius 3 is 2.19 bits per heavy atom. The number of ketones is 3. The zero-order valence-corrected chi connectivity index (χ0v) is 45.2. The molecule has 17 atom stereocenters. The SMILES string of the molecule is CO[C@H]1C[C@@H]2CC[C@@H](C)[C@@](O)(O2)C(=O)C(=O)N2CCCC[C@H]2C(=O)O[C@H]([C@H](C)C[C@@H]2CC[C@@H](O)[C@H](OC)C2)CC(=O)[C@H](C)/C=C(\C)[C@@H](O)[C@@H](OC)C(=O)[C@H](C)C[C@H](C)[C@@H](Nc2ccccc2)CC[C@@H](O)/C=C/1C. The topological polar surface area (TPSA) is 228 Å². The van der Waals surface area contributed by atoms with Gasteiger partial charge in [-0.25, -0.2) is 4.79 Å². The van der Waals surface area contributed by atoms with Crippen LogP contribution in [0.15, 0.2) is 53.6 Å². The third-order valence-corrected chi connectivity index (χ3v) is 16.5. The molecular weight excluding hydrogens is 937 g/mol. The molecule has 3 fully saturated rings. The number of carbonyl (C=O) groups is 5. The fourth-order valence-corrected chi connectivity index (χ4v) is 11.7. The maximum absolute atomic E-state index is 14.5. The van der Waals surface area contributed by atoms with E-state index in [2.05, 4.69) is 5.32 Å². The summed E-state index contributed by atoms with van der Waals surface area (Å²) >= 11 is 0. The van der Waals surface area contributed by atoms with Gasteiger partial charge >= 0.3 is 5.97 Å². The highest BCUT2D eigenvalue weighted by Crippen LogP contribution is 2.38. The molecule has 5 N–H and O–H groups in total. The standard InChI is InChI=1S/C57H88N2O14/c1-33-26-37(5)51(63)53(71-10)52(64)38(6)27-34(2)47(62)32-49(35(3)28-40-20-24-46(61)50(30-40)70-9)72-56(67)45-18-14-15-25-59(45)55(66)54(65)57(68)39(7)19-22-43(73-57)31-48(69-8)36(4)29-42(60)21-23-44(33)58-41-16-12-11-13-17-41/h11-13,16-17,27,29,33-35,37,39-40,42-46,48-50,52-53,58,60-61,64,68H,14-15,18-26,28,30-32H2,1-10H3/b36-29+,38-27+/t33-,34+,35+,37+,39+,40-,42+,43-,44-,45-,46+,48-,49-,50+,52+,53-,57+/m0/s1. The molecule has 16 nitrogen and oxygen atoms in total. The van der Waals surface area contributed by atoms with Crippen molar-refractivity contribution >= 4 is 34.9 Å². The molecule has 2 bridgehead atoms. The van der Waals surface area contributed by atoms with E-state index in [1.54, 1.807) is 40.0 Å². The molecule has 3 heterocycles. The van der Waals surface area contributed by atoms with E-state index >= 15 is 0 Å². The van der Waals surface area contributed by atoms with Crippen LogP contribution < -0.4 is 5.32 Å². The van der Waals surface area contributed by atoms with Gasteiger partial charge in [0.05, 0.1) is 30.5 Å². The highest BCUT2D eigenvalue weighted by Gasteiger charge is 2.53. The van der Waals surface area contributed by atoms with E-state index in [1.807, 2.05) is 58.0 Å². The fourth-order valence-electron chi connectivity index (χ4n) is 11.7. The Bertz CT molecular complexity index is 2050. The molecule has 5 rings (SSSR count). The van der Waals surface area contributed by atoms with E-state index < -0.39 is 90.0 Å². The molecule has 1 aliphatic carbocycles. The first-order valence-corrected chi connectivity index (χ1v) is 26.9. The minimum atomic E-state index is -2.49. The Kier molecular flexibility index (Phi) is 22.8. The molecule has 0 radical (unpaired) electrons. The first-order chi connectivity index (χ1) is 34.6. The number of aliphatic hydroxyl groups excluding tert-OH is 3. The molecule has 1 aromatic rings. The molecule has 1 saturated carbocycles. The predicted molar refractivity (Wildman–Crippen MR) is 276 cm³/mol. The summed E-state index contributed by atoms with van der Waals surface area (Å²) in [5.74, 6) is -8.48. The summed E-state index contributed by atoms with van der Waals surface area (Å²) in [7, 11) is 4.47. The number of methoxy groups -OCH3 is 3. The summed E-state index contributed by atoms with van der Waals surface area (Å²) in [5, 5.41) is 49.4. The molecule has 0 aromatic heterocycles. The van der Waals surface area contributed by atoms with Crippen LogP contribution in [0.4, 0.5) is 5.69 Å². The molecular formula is C57H88N2O14. The number of Topliss-reactive ketones (excluding diaryl/α,β-unsaturated/α-hetero) is 3. The van der Waals surface area contributed by atoms with Gasteiger partial charge in [-0.3, -0.25) is 19.2 Å². The van der Waals surface area contributed by atoms with Gasteiger partial charge in [-0.05, 0) is 132 Å². The molecule has 1 amide bonds. The van der Waals surface area contributed by atoms with E-state index in [0.29, 0.717) is 76.2 Å². The smallest absolute Gasteiger partial charge is 0.329 e. The quantitative estimate of drug-likeness (QED) is 0.104. The van der Waals surface area contributed by atoms with E-state index in [9.17, 15) is 44.4 Å². The van der Waals surface area contributed by atoms with Crippen molar-refractivity contribution in [3.63, 3.8) is 0 Å². The molecule has 0 unspecified atom stereocenters. The van der Waals surface area contributed by atoms with Gasteiger partial charge in [0.15, 0.2) is 5.78 Å². The number of anilines is 1. The highest BCUT2D eigenvalue weighted by molar-refractivity contribution is 6.39. The van der Waals surface area contributed by atoms with Crippen LogP contribution in [0.1, 0.15) is 138 Å². The average Bonchev–Trinajstić information content (AvgIpc) is 3.37. The van der Waals surface area contributed by atoms with E-state index in [-0.39, 0.29) is 67.3 Å². The lowest BCUT2D eigenvalue weighted by Gasteiger charge is -2.42. The van der Waals surface area contributed by atoms with Crippen molar-refractivity contribution in [2.45, 2.75) is 205 Å². The number of nitrogens with one attached hydrogen (secondary N) is 1. The third-order valence-electron chi connectivity index (χ3n) is 16.5. The summed E-state index contributed by atoms with van der Waals surface area (Å²) < 4.78 is 29.7. The van der Waals surface area contributed by atoms with Crippen LogP contribution in [0.5, 0.6) is 0 Å². The van der Waals surface area contributed by atoms with Gasteiger partial charge in [-0.1, -0.05) is 65.0 Å². The minimum Gasteiger partial charge on any atom is -0.460 e. The number of hydrogen-bond acceptors (Lipinski definition) is 15. The number of benzene rings is 1. The number of esters is 1. The van der Waals surface area contributed by atoms with Crippen LogP contribution >= 0.6 is 0 Å². The number of rotatable bonds is 8. The predicted octanol–water partition coefficient (Wildman–Crippen LogP) is 6.69. The molecule has 410 valence electrons. The molecule has 0 spiro atoms. The van der Waals surface area contributed by atoms with Crippen molar-refractivity contribution < 1.29 is 68.1 Å². The van der Waals surface area contributed by atoms with Crippen LogP contribution in [-0.2, 0) is 47.7 Å². The first kappa shape index (κ1) is 60.0. The van der Waals surface area contributed by atoms with Crippen LogP contribution in [0, 0.1) is 35.5 Å². The lowest BCUT2D eigenvalue weighted by molar-refractivity contribution is -0.265. The summed E-state index contributed by atoms with van der Waals surface area (Å²) in [5.41, 5.74) is 1.97. The van der Waals surface area contributed by atoms with Crippen molar-refractivity contribution in [2.24, 2.45) is 35.5 Å². The number of ether oxygens (including phenoxy) is 5. The fraction of sp³-hybridized carbons (Fsp3) is 0.737. The number of piperidine rings is 1. The van der Waals surface area contributed by atoms with Crippen LogP contribution in [0.3, 0.4) is 0 Å². The summed E-state index contributed by atoms with van der Waals surface area (Å²) in [6.45, 7) is 12.7. The zero-order chi connectivity index (χ0) is 53.7. The molecule has 73 heavy (non-hydrogen) atoms. The Morgan fingerprint density at radius 1 is 0.808 bits per heavy atom. The van der Waals surface area contributed by atoms with Crippen molar-refractivity contribution in [3.8, 4) is 0 Å². The number of para-hydroxylation sites is 1. The van der Waals surface area contributed by atoms with Gasteiger partial charge in [-0.15, -0.1) is 0 Å². The van der Waals surface area contributed by atoms with Crippen LogP contribution in [-0.4, -0.2) is 149 Å². The second kappa shape index (κ2) is 27.8. The minimum absolute atomic E-state index is 0.0629. The monoisotopic (exact) mass is 1020 g/mol. The molecule has 16 heteroatoms. The third kappa shape index (κ3) is 15.8. The van der Waals surface area contributed by atoms with Crippen LogP contribution in [0.2, 0.25) is 0 Å². The zero-order valence-electron chi connectivity index (χ0n) is 45.2. The van der Waals surface area contributed by atoms with Crippen molar-refractivity contribution in [1.82, 2.24) is 4.90 Å². The number of amides is 1. The molecule has 4 aliphatic rings. The number of aliphatic hydroxyl groups is 4. The lowest BCUT2D eigenvalue weighted by atomic mass is 9.78. The van der Waals surface area contributed by atoms with Gasteiger partial charge < -0.3 is 54.3 Å². The van der Waals surface area contributed by atoms with E-state index in [4.69, 9.17) is 23.7 Å². The van der Waals surface area contributed by atoms with Crippen molar-refractivity contribution in [1.29, 1.82) is 0 Å². The number of hydrogen-bond donors (Lipinski definition) is 5. The largest absolute Gasteiger partial charge is 0.460 e. The average molecular weight is 1030 g/mol. The van der Waals surface area contributed by atoms with Crippen molar-refractivity contribution in [3.05, 3.63) is 53.6 Å². The van der Waals surface area contributed by atoms with Gasteiger partial charge in [0.1, 0.15) is 30.1 Å². The molecule has 3 aliphatic heterocycles. The molecule has 2 saturated heterocycles. The summed E-state index contributed by atoms with van der Waals surface area (Å²) in [6, 6.07) is 8.36. The summed E-state index contributed by atoms with van der Waals surface area (Å²) in [4.78, 5) is 72.8. The lowest BCUT2D eigenvalue weighted by Crippen LogP contribution is -2.61. The van der Waals surface area contributed by atoms with E-state index in [0.717, 1.165) is 11.3 Å². The first-order valence-electron chi connectivity index (χ1n) is 26.9. The van der Waals surface area contributed by atoms with E-state index in [1.165, 1.54) is 19.1 Å². The van der Waals surface area contributed by atoms with Gasteiger partial charge in [0.25, 0.3) is 11.7 Å². The molecule has 1 aromatic carbocycles. The summed E-state index contributed by atoms with van der Waals surface area (Å²) in [6.07, 6.45) is 2.55. The second-order valence-electron chi connectivity index (χ2n) is 22.1. The van der Waals surface area contributed by atoms with Crippen LogP contribution in [0.25, 0.3) is 0 Å². The Labute approximate surface area is 434 Å². The second-order valence-corrected chi connectivity index (χ2v) is 22.1. The number of fused-ring (bicyclic) bond motifs is 3. The maximum Gasteiger partial charge on any atom is 0.329 e. The highest BCUT2D eigenvalue weighted by atomic mass is 16.6. The number of allylic oxidation sites excluding steroid dienone is 1. The van der Waals surface area contributed by atoms with Gasteiger partial charge in [-0.2, -0.15) is 0 Å². The maximum atomic E-state index is 14.5. The Hall–Kier alpha value is -3.87. The van der Waals surface area contributed by atoms with Gasteiger partial charge in [0, 0.05) is 70.2 Å². The van der Waals surface area contributed by atoms with Crippen molar-refractivity contribution in [2.75, 3.05) is 33.2 Å². The Morgan fingerprint density at radius 2 is 1.52 bits per heavy atom. The Balaban J connectivity index is 1.49.